The van der Waals surface area contributed by atoms with Crippen LogP contribution in [0.4, 0.5) is 0 Å². The Balaban J connectivity index is -0.000000242. The Labute approximate surface area is 485 Å². The van der Waals surface area contributed by atoms with Gasteiger partial charge in [0.1, 0.15) is 0 Å². The Morgan fingerprint density at radius 2 is 0.310 bits per heavy atom. The summed E-state index contributed by atoms with van der Waals surface area (Å²) in [5.74, 6) is 0. The van der Waals surface area contributed by atoms with Crippen molar-refractivity contribution in [3.63, 3.8) is 0 Å². The molecule has 0 N–H and O–H groups in total. The second-order valence-electron chi connectivity index (χ2n) is 23.3. The van der Waals surface area contributed by atoms with E-state index in [9.17, 15) is 0 Å². The van der Waals surface area contributed by atoms with Crippen LogP contribution in [0.1, 0.15) is 158 Å². The maximum Gasteiger partial charge on any atom is 0 e. The molecule has 6 rings (SSSR count). The average Bonchev–Trinajstić information content (AvgIpc) is 3.17. The molecule has 0 nitrogen and oxygen atoms in total. The Bertz CT molecular complexity index is 1930. The quantitative estimate of drug-likeness (QED) is 0.133. The first kappa shape index (κ1) is 79.4. The topological polar surface area (TPSA) is 0 Å². The monoisotopic (exact) mass is 1200 g/mol. The van der Waals surface area contributed by atoms with Crippen LogP contribution < -0.4 is 31.8 Å². The average molecular weight is 1200 g/mol. The molecule has 0 saturated heterocycles. The Hall–Kier alpha value is -0.434. The summed E-state index contributed by atoms with van der Waals surface area (Å²) < 4.78 is 0. The Morgan fingerprint density at radius 1 is 0.211 bits per heavy atom. The van der Waals surface area contributed by atoms with Crippen LogP contribution in [-0.4, -0.2) is 0 Å². The van der Waals surface area contributed by atoms with Gasteiger partial charge in [-0.2, -0.15) is 0 Å². The van der Waals surface area contributed by atoms with Crippen LogP contribution in [0.3, 0.4) is 0 Å². The number of hydrogen-bond donors (Lipinski definition) is 0. The maximum absolute atomic E-state index is 2.72. The number of halogens is 4. The summed E-state index contributed by atoms with van der Waals surface area (Å²) in [5.41, 5.74) is 9.98. The minimum absolute atomic E-state index is 0. The molecule has 6 aromatic rings. The van der Waals surface area contributed by atoms with Crippen LogP contribution in [0, 0.1) is 0 Å². The first-order valence-electron chi connectivity index (χ1n) is 23.2. The van der Waals surface area contributed by atoms with Crippen molar-refractivity contribution in [3.05, 3.63) is 179 Å². The van der Waals surface area contributed by atoms with Crippen LogP contribution in [0.2, 0.25) is 0 Å². The minimum Gasteiger partial charge on any atom is -0.147 e. The number of rotatable bonds is 0. The second-order valence-corrected chi connectivity index (χ2v) is 27.3. The van der Waals surface area contributed by atoms with Gasteiger partial charge >= 0.3 is 0 Å². The zero-order valence-corrected chi connectivity index (χ0v) is 57.5. The smallest absolute Gasteiger partial charge is 0 e. The van der Waals surface area contributed by atoms with Crippen molar-refractivity contribution in [1.29, 1.82) is 0 Å². The molecule has 0 aliphatic rings. The van der Waals surface area contributed by atoms with E-state index >= 15 is 0 Å². The third kappa shape index (κ3) is 34.8. The van der Waals surface area contributed by atoms with Gasteiger partial charge in [0, 0.05) is 16.8 Å². The second kappa shape index (κ2) is 35.8. The van der Waals surface area contributed by atoms with Gasteiger partial charge in [-0.1, -0.05) is 270 Å². The Kier molecular flexibility index (Phi) is 40.1. The molecule has 11 heteroatoms. The number of benzene rings is 6. The van der Waals surface area contributed by atoms with Crippen LogP contribution in [-0.2, 0) is 49.3 Å². The summed E-state index contributed by atoms with van der Waals surface area (Å²) in [7, 11) is 16.3. The summed E-state index contributed by atoms with van der Waals surface area (Å²) >= 11 is 0. The van der Waals surface area contributed by atoms with Gasteiger partial charge in [0.15, 0.2) is 0 Å². The van der Waals surface area contributed by atoms with Crippen LogP contribution in [0.5, 0.6) is 0 Å². The summed E-state index contributed by atoms with van der Waals surface area (Å²) in [6.07, 6.45) is 0. The van der Waals surface area contributed by atoms with Gasteiger partial charge in [-0.3, -0.25) is 0 Å². The van der Waals surface area contributed by atoms with Gasteiger partial charge in [0.05, 0.1) is 0 Å². The first-order valence-corrected chi connectivity index (χ1v) is 26.6. The van der Waals surface area contributed by atoms with Crippen molar-refractivity contribution in [2.75, 3.05) is 0 Å². The van der Waals surface area contributed by atoms with Crippen molar-refractivity contribution in [2.24, 2.45) is 0 Å². The predicted molar refractivity (Wildman–Crippen MR) is 356 cm³/mol. The molecular formula is C60H94Cl4CoP6. The van der Waals surface area contributed by atoms with Crippen molar-refractivity contribution in [1.82, 2.24) is 0 Å². The van der Waals surface area contributed by atoms with Crippen LogP contribution in [0.25, 0.3) is 0 Å². The standard InChI is InChI=1S/6C10H15P.4ClH.Co/c6*1-10(2,3)8-5-4-6-9(11)7-8;;;;;/h6*4-7H,11H2,1-3H3;4*1H;. The predicted octanol–water partition coefficient (Wildman–Crippen LogP) is 16.6. The largest absolute Gasteiger partial charge is 0.147 e. The van der Waals surface area contributed by atoms with Crippen molar-refractivity contribution in [3.8, 4) is 0 Å². The van der Waals surface area contributed by atoms with E-state index in [2.05, 4.69) is 326 Å². The molecule has 0 amide bonds. The molecule has 6 atom stereocenters. The molecule has 1 radical (unpaired) electrons. The molecule has 6 aromatic carbocycles. The Morgan fingerprint density at radius 3 is 0.366 bits per heavy atom. The first-order chi connectivity index (χ1) is 30.0. The molecular weight excluding hydrogens is 1110 g/mol. The van der Waals surface area contributed by atoms with Crippen LogP contribution >= 0.6 is 105 Å². The zero-order valence-electron chi connectivity index (χ0n) is 46.3. The molecule has 401 valence electrons. The van der Waals surface area contributed by atoms with E-state index in [0.29, 0.717) is 0 Å². The van der Waals surface area contributed by atoms with E-state index in [0.717, 1.165) is 0 Å². The fourth-order valence-electron chi connectivity index (χ4n) is 6.03. The van der Waals surface area contributed by atoms with Crippen molar-refractivity contribution >= 4 is 137 Å². The molecule has 0 bridgehead atoms. The van der Waals surface area contributed by atoms with E-state index in [1.807, 2.05) is 0 Å². The van der Waals surface area contributed by atoms with Gasteiger partial charge in [-0.25, -0.2) is 0 Å². The van der Waals surface area contributed by atoms with E-state index in [1.54, 1.807) is 0 Å². The van der Waals surface area contributed by atoms with E-state index in [-0.39, 0.29) is 98.9 Å². The summed E-state index contributed by atoms with van der Waals surface area (Å²) in [4.78, 5) is 0. The summed E-state index contributed by atoms with van der Waals surface area (Å²) in [5, 5.41) is 7.57. The molecule has 0 aromatic heterocycles. The van der Waals surface area contributed by atoms with E-state index < -0.39 is 0 Å². The fourth-order valence-corrected chi connectivity index (χ4v) is 7.78. The van der Waals surface area contributed by atoms with Crippen LogP contribution in [0.15, 0.2) is 146 Å². The van der Waals surface area contributed by atoms with E-state index in [4.69, 9.17) is 0 Å². The number of hydrogen-bond acceptors (Lipinski definition) is 0. The zero-order chi connectivity index (χ0) is 50.9. The van der Waals surface area contributed by atoms with Gasteiger partial charge in [-0.15, -0.1) is 105 Å². The third-order valence-corrected chi connectivity index (χ3v) is 12.7. The van der Waals surface area contributed by atoms with Crippen molar-refractivity contribution in [2.45, 2.75) is 157 Å². The van der Waals surface area contributed by atoms with E-state index in [1.165, 1.54) is 65.2 Å². The SMILES string of the molecule is CC(C)(C)c1cccc(P)c1.CC(C)(C)c1cccc(P)c1.CC(C)(C)c1cccc(P)c1.CC(C)(C)c1cccc(P)c1.CC(C)(C)c1cccc(P)c1.CC(C)(C)c1cccc(P)c1.Cl.Cl.Cl.Cl.[Co]. The molecule has 0 saturated carbocycles. The maximum atomic E-state index is 2.72. The van der Waals surface area contributed by atoms with Gasteiger partial charge in [0.2, 0.25) is 0 Å². The molecule has 6 unspecified atom stereocenters. The molecule has 0 aliphatic carbocycles. The molecule has 0 fully saturated rings. The van der Waals surface area contributed by atoms with Gasteiger partial charge in [-0.05, 0) is 97.7 Å². The van der Waals surface area contributed by atoms with Gasteiger partial charge < -0.3 is 0 Å². The fraction of sp³-hybridized carbons (Fsp3) is 0.400. The minimum atomic E-state index is 0. The van der Waals surface area contributed by atoms with Gasteiger partial charge in [0.25, 0.3) is 0 Å². The third-order valence-electron chi connectivity index (χ3n) is 10.5. The summed E-state index contributed by atoms with van der Waals surface area (Å²) in [6.45, 7) is 40.1. The summed E-state index contributed by atoms with van der Waals surface area (Å²) in [6, 6.07) is 51.5. The molecule has 71 heavy (non-hydrogen) atoms. The van der Waals surface area contributed by atoms with Crippen molar-refractivity contribution < 1.29 is 16.8 Å². The molecule has 0 spiro atoms. The normalized spacial score (nSPS) is 10.8. The molecule has 0 aliphatic heterocycles. The molecule has 0 heterocycles.